The Morgan fingerprint density at radius 1 is 1.47 bits per heavy atom. The van der Waals surface area contributed by atoms with Crippen LogP contribution in [0.5, 0.6) is 0 Å². The molecular formula is C15H19ClO3. The summed E-state index contributed by atoms with van der Waals surface area (Å²) in [5.74, 6) is -0.422. The Morgan fingerprint density at radius 3 is 2.74 bits per heavy atom. The van der Waals surface area contributed by atoms with E-state index in [1.54, 1.807) is 6.08 Å². The molecule has 0 unspecified atom stereocenters. The summed E-state index contributed by atoms with van der Waals surface area (Å²) in [6.07, 6.45) is 10.0. The van der Waals surface area contributed by atoms with Crippen molar-refractivity contribution in [1.82, 2.24) is 0 Å². The van der Waals surface area contributed by atoms with E-state index in [2.05, 4.69) is 0 Å². The molecule has 0 aromatic rings. The normalized spacial score (nSPS) is 19.0. The zero-order chi connectivity index (χ0) is 14.3. The Hall–Kier alpha value is -1.35. The second-order valence-electron chi connectivity index (χ2n) is 4.40. The van der Waals surface area contributed by atoms with Gasteiger partial charge in [0.15, 0.2) is 5.78 Å². The summed E-state index contributed by atoms with van der Waals surface area (Å²) in [4.78, 5) is 22.6. The lowest BCUT2D eigenvalue weighted by atomic mass is 10.1. The van der Waals surface area contributed by atoms with Gasteiger partial charge in [0, 0.05) is 25.3 Å². The second kappa shape index (κ2) is 7.95. The molecule has 1 aliphatic rings. The highest BCUT2D eigenvalue weighted by Crippen LogP contribution is 2.24. The molecule has 1 aliphatic carbocycles. The molecule has 1 rings (SSSR count). The smallest absolute Gasteiger partial charge is 0.302 e. The van der Waals surface area contributed by atoms with Gasteiger partial charge in [-0.3, -0.25) is 9.59 Å². The predicted octanol–water partition coefficient (Wildman–Crippen LogP) is 3.69. The summed E-state index contributed by atoms with van der Waals surface area (Å²) >= 11 is 5.73. The van der Waals surface area contributed by atoms with Crippen molar-refractivity contribution < 1.29 is 14.3 Å². The molecule has 1 atom stereocenters. The Morgan fingerprint density at radius 2 is 2.21 bits per heavy atom. The maximum Gasteiger partial charge on any atom is 0.302 e. The predicted molar refractivity (Wildman–Crippen MR) is 75.9 cm³/mol. The van der Waals surface area contributed by atoms with Gasteiger partial charge in [-0.15, -0.1) is 0 Å². The molecule has 0 radical (unpaired) electrons. The average Bonchev–Trinajstić information content (AvgIpc) is 2.67. The highest BCUT2D eigenvalue weighted by Gasteiger charge is 2.19. The van der Waals surface area contributed by atoms with Gasteiger partial charge in [-0.1, -0.05) is 42.8 Å². The lowest BCUT2D eigenvalue weighted by Crippen LogP contribution is -2.15. The summed E-state index contributed by atoms with van der Waals surface area (Å²) in [5, 5.41) is 0.279. The number of ketones is 1. The maximum atomic E-state index is 11.6. The number of hydrogen-bond acceptors (Lipinski definition) is 3. The SMILES string of the molecule is CC/C=C\C[C@@H](C/C=C1\CC=C(Cl)C1=O)OC(C)=O. The van der Waals surface area contributed by atoms with E-state index in [0.29, 0.717) is 24.8 Å². The van der Waals surface area contributed by atoms with Crippen LogP contribution in [0.2, 0.25) is 0 Å². The highest BCUT2D eigenvalue weighted by molar-refractivity contribution is 6.46. The minimum Gasteiger partial charge on any atom is -0.462 e. The molecule has 0 heterocycles. The van der Waals surface area contributed by atoms with Gasteiger partial charge in [0.1, 0.15) is 6.10 Å². The fourth-order valence-corrected chi connectivity index (χ4v) is 2.03. The minimum absolute atomic E-state index is 0.118. The summed E-state index contributed by atoms with van der Waals surface area (Å²) in [6.45, 7) is 3.44. The van der Waals surface area contributed by atoms with Crippen molar-refractivity contribution in [1.29, 1.82) is 0 Å². The van der Waals surface area contributed by atoms with Gasteiger partial charge in [0.2, 0.25) is 0 Å². The second-order valence-corrected chi connectivity index (χ2v) is 4.80. The van der Waals surface area contributed by atoms with Crippen LogP contribution < -0.4 is 0 Å². The van der Waals surface area contributed by atoms with Crippen molar-refractivity contribution in [2.45, 2.75) is 45.6 Å². The molecule has 0 aliphatic heterocycles. The van der Waals surface area contributed by atoms with Crippen LogP contribution >= 0.6 is 11.6 Å². The third-order valence-electron chi connectivity index (χ3n) is 2.77. The number of Topliss-reactive ketones (excluding diaryl/α,β-unsaturated/α-hetero) is 1. The number of carbonyl (C=O) groups is 2. The Labute approximate surface area is 119 Å². The van der Waals surface area contributed by atoms with E-state index in [1.807, 2.05) is 25.2 Å². The average molecular weight is 283 g/mol. The summed E-state index contributed by atoms with van der Waals surface area (Å²) in [5.41, 5.74) is 0.682. The van der Waals surface area contributed by atoms with E-state index in [1.165, 1.54) is 6.92 Å². The van der Waals surface area contributed by atoms with Gasteiger partial charge in [-0.05, 0) is 12.8 Å². The maximum absolute atomic E-state index is 11.6. The van der Waals surface area contributed by atoms with Gasteiger partial charge in [0.05, 0.1) is 5.03 Å². The van der Waals surface area contributed by atoms with E-state index in [9.17, 15) is 9.59 Å². The van der Waals surface area contributed by atoms with Crippen molar-refractivity contribution in [2.24, 2.45) is 0 Å². The van der Waals surface area contributed by atoms with Gasteiger partial charge >= 0.3 is 5.97 Å². The molecule has 104 valence electrons. The minimum atomic E-state index is -0.304. The molecule has 0 aromatic carbocycles. The lowest BCUT2D eigenvalue weighted by molar-refractivity contribution is -0.145. The number of ether oxygens (including phenoxy) is 1. The van der Waals surface area contributed by atoms with Gasteiger partial charge in [-0.2, -0.15) is 0 Å². The number of esters is 1. The van der Waals surface area contributed by atoms with Crippen LogP contribution in [-0.2, 0) is 14.3 Å². The van der Waals surface area contributed by atoms with Crippen LogP contribution in [0.15, 0.2) is 34.9 Å². The molecule has 0 fully saturated rings. The van der Waals surface area contributed by atoms with Crippen molar-refractivity contribution in [3.63, 3.8) is 0 Å². The molecule has 4 heteroatoms. The van der Waals surface area contributed by atoms with Crippen molar-refractivity contribution in [3.8, 4) is 0 Å². The van der Waals surface area contributed by atoms with E-state index in [-0.39, 0.29) is 22.9 Å². The molecule has 0 spiro atoms. The fraction of sp³-hybridized carbons (Fsp3) is 0.467. The highest BCUT2D eigenvalue weighted by atomic mass is 35.5. The molecule has 0 N–H and O–H groups in total. The van der Waals surface area contributed by atoms with E-state index < -0.39 is 0 Å². The molecule has 0 saturated heterocycles. The largest absolute Gasteiger partial charge is 0.462 e. The first-order valence-electron chi connectivity index (χ1n) is 6.46. The van der Waals surface area contributed by atoms with E-state index >= 15 is 0 Å². The summed E-state index contributed by atoms with van der Waals surface area (Å²) in [6, 6.07) is 0. The molecule has 0 amide bonds. The zero-order valence-corrected chi connectivity index (χ0v) is 12.1. The molecule has 0 bridgehead atoms. The van der Waals surface area contributed by atoms with Gasteiger partial charge in [0.25, 0.3) is 0 Å². The van der Waals surface area contributed by atoms with E-state index in [4.69, 9.17) is 16.3 Å². The van der Waals surface area contributed by atoms with Crippen molar-refractivity contribution in [3.05, 3.63) is 34.9 Å². The van der Waals surface area contributed by atoms with E-state index in [0.717, 1.165) is 6.42 Å². The molecule has 3 nitrogen and oxygen atoms in total. The standard InChI is InChI=1S/C15H19ClO3/c1-3-4-5-6-13(19-11(2)17)9-7-12-8-10-14(16)15(12)18/h4-5,7,10,13H,3,6,8-9H2,1-2H3/b5-4-,12-7+/t13-/m0/s1. The number of allylic oxidation sites excluding steroid dienone is 4. The quantitative estimate of drug-likeness (QED) is 0.424. The monoisotopic (exact) mass is 282 g/mol. The van der Waals surface area contributed by atoms with Crippen LogP contribution in [0.25, 0.3) is 0 Å². The van der Waals surface area contributed by atoms with Crippen LogP contribution in [0, 0.1) is 0 Å². The molecule has 19 heavy (non-hydrogen) atoms. The van der Waals surface area contributed by atoms with Gasteiger partial charge in [-0.25, -0.2) is 0 Å². The Kier molecular flexibility index (Phi) is 6.57. The molecule has 0 aromatic heterocycles. The number of carbonyl (C=O) groups excluding carboxylic acids is 2. The summed E-state index contributed by atoms with van der Waals surface area (Å²) < 4.78 is 5.22. The number of halogens is 1. The fourth-order valence-electron chi connectivity index (χ4n) is 1.83. The number of rotatable bonds is 6. The topological polar surface area (TPSA) is 43.4 Å². The first kappa shape index (κ1) is 15.7. The van der Waals surface area contributed by atoms with Crippen LogP contribution in [0.1, 0.15) is 39.5 Å². The van der Waals surface area contributed by atoms with Crippen molar-refractivity contribution in [2.75, 3.05) is 0 Å². The zero-order valence-electron chi connectivity index (χ0n) is 11.3. The Bertz CT molecular complexity index is 433. The number of hydrogen-bond donors (Lipinski definition) is 0. The summed E-state index contributed by atoms with van der Waals surface area (Å²) in [7, 11) is 0. The van der Waals surface area contributed by atoms with Crippen molar-refractivity contribution >= 4 is 23.4 Å². The van der Waals surface area contributed by atoms with Crippen LogP contribution in [0.3, 0.4) is 0 Å². The molecule has 0 saturated carbocycles. The van der Waals surface area contributed by atoms with Gasteiger partial charge < -0.3 is 4.74 Å². The lowest BCUT2D eigenvalue weighted by Gasteiger charge is -2.13. The molecular weight excluding hydrogens is 264 g/mol. The first-order valence-corrected chi connectivity index (χ1v) is 6.84. The van der Waals surface area contributed by atoms with Crippen LogP contribution in [0.4, 0.5) is 0 Å². The van der Waals surface area contributed by atoms with Crippen LogP contribution in [-0.4, -0.2) is 17.9 Å². The first-order chi connectivity index (χ1) is 9.04. The third kappa shape index (κ3) is 5.43. The Balaban J connectivity index is 2.57. The third-order valence-corrected chi connectivity index (χ3v) is 3.10.